The molecule has 2 aromatic rings. The molecule has 1 saturated heterocycles. The first-order valence-corrected chi connectivity index (χ1v) is 8.31. The standard InChI is InChI=1S/C15H14INOS/c16-14-9-12(10-19-14)15(18)17-8-4-7-13(17)11-5-2-1-3-6-11/h1-3,5-6,9-10,13H,4,7-8H2. The number of hydrogen-bond donors (Lipinski definition) is 0. The van der Waals surface area contributed by atoms with E-state index in [-0.39, 0.29) is 11.9 Å². The Bertz CT molecular complexity index is 581. The van der Waals surface area contributed by atoms with Gasteiger partial charge in [0.2, 0.25) is 0 Å². The monoisotopic (exact) mass is 383 g/mol. The zero-order chi connectivity index (χ0) is 13.2. The van der Waals surface area contributed by atoms with Crippen LogP contribution in [0.3, 0.4) is 0 Å². The van der Waals surface area contributed by atoms with Crippen LogP contribution in [0.2, 0.25) is 0 Å². The van der Waals surface area contributed by atoms with E-state index in [0.29, 0.717) is 0 Å². The summed E-state index contributed by atoms with van der Waals surface area (Å²) in [4.78, 5) is 14.6. The first kappa shape index (κ1) is 13.1. The lowest BCUT2D eigenvalue weighted by Gasteiger charge is -2.24. The summed E-state index contributed by atoms with van der Waals surface area (Å²) in [6.07, 6.45) is 2.16. The number of carbonyl (C=O) groups excluding carboxylic acids is 1. The van der Waals surface area contributed by atoms with Crippen molar-refractivity contribution >= 4 is 39.8 Å². The highest BCUT2D eigenvalue weighted by Crippen LogP contribution is 2.33. The zero-order valence-corrected chi connectivity index (χ0v) is 13.4. The summed E-state index contributed by atoms with van der Waals surface area (Å²) in [5.41, 5.74) is 2.08. The number of benzene rings is 1. The van der Waals surface area contributed by atoms with Crippen LogP contribution in [0.15, 0.2) is 41.8 Å². The maximum absolute atomic E-state index is 12.6. The second-order valence-corrected chi connectivity index (χ2v) is 7.51. The van der Waals surface area contributed by atoms with Crippen molar-refractivity contribution in [2.24, 2.45) is 0 Å². The topological polar surface area (TPSA) is 20.3 Å². The normalized spacial score (nSPS) is 18.8. The van der Waals surface area contributed by atoms with E-state index < -0.39 is 0 Å². The molecule has 98 valence electrons. The van der Waals surface area contributed by atoms with E-state index in [1.165, 1.54) is 5.56 Å². The number of hydrogen-bond acceptors (Lipinski definition) is 2. The van der Waals surface area contributed by atoms with Gasteiger partial charge in [0.25, 0.3) is 5.91 Å². The molecule has 1 atom stereocenters. The quantitative estimate of drug-likeness (QED) is 0.707. The number of nitrogens with zero attached hydrogens (tertiary/aromatic N) is 1. The number of likely N-dealkylation sites (tertiary alicyclic amines) is 1. The predicted molar refractivity (Wildman–Crippen MR) is 86.5 cm³/mol. The van der Waals surface area contributed by atoms with Crippen LogP contribution in [0, 0.1) is 2.88 Å². The first-order chi connectivity index (χ1) is 9.25. The summed E-state index contributed by atoms with van der Waals surface area (Å²) in [6, 6.07) is 12.6. The average Bonchev–Trinajstić information content (AvgIpc) is 3.07. The van der Waals surface area contributed by atoms with Gasteiger partial charge in [-0.3, -0.25) is 4.79 Å². The van der Waals surface area contributed by atoms with E-state index in [1.807, 2.05) is 34.5 Å². The number of amides is 1. The fourth-order valence-corrected chi connectivity index (χ4v) is 3.94. The molecular formula is C15H14INOS. The van der Waals surface area contributed by atoms with Gasteiger partial charge in [-0.15, -0.1) is 11.3 Å². The lowest BCUT2D eigenvalue weighted by atomic mass is 10.0. The van der Waals surface area contributed by atoms with E-state index in [0.717, 1.165) is 27.8 Å². The van der Waals surface area contributed by atoms with E-state index in [1.54, 1.807) is 11.3 Å². The lowest BCUT2D eigenvalue weighted by Crippen LogP contribution is -2.30. The van der Waals surface area contributed by atoms with Crippen molar-refractivity contribution in [3.05, 3.63) is 55.8 Å². The summed E-state index contributed by atoms with van der Waals surface area (Å²) in [5.74, 6) is 0.172. The minimum atomic E-state index is 0.172. The van der Waals surface area contributed by atoms with Crippen molar-refractivity contribution in [3.63, 3.8) is 0 Å². The Morgan fingerprint density at radius 3 is 2.79 bits per heavy atom. The highest BCUT2D eigenvalue weighted by atomic mass is 127. The molecular weight excluding hydrogens is 369 g/mol. The minimum Gasteiger partial charge on any atom is -0.332 e. The minimum absolute atomic E-state index is 0.172. The van der Waals surface area contributed by atoms with Crippen LogP contribution < -0.4 is 0 Å². The molecule has 19 heavy (non-hydrogen) atoms. The fraction of sp³-hybridized carbons (Fsp3) is 0.267. The summed E-state index contributed by atoms with van der Waals surface area (Å²) in [6.45, 7) is 0.866. The predicted octanol–water partition coefficient (Wildman–Crippen LogP) is 4.33. The highest BCUT2D eigenvalue weighted by Gasteiger charge is 2.30. The Labute approximate surface area is 130 Å². The molecule has 1 fully saturated rings. The van der Waals surface area contributed by atoms with Gasteiger partial charge in [0.15, 0.2) is 0 Å². The van der Waals surface area contributed by atoms with Gasteiger partial charge in [0.1, 0.15) is 0 Å². The molecule has 3 rings (SSSR count). The first-order valence-electron chi connectivity index (χ1n) is 6.35. The van der Waals surface area contributed by atoms with Crippen LogP contribution in [-0.2, 0) is 0 Å². The molecule has 2 nitrogen and oxygen atoms in total. The SMILES string of the molecule is O=C(c1csc(I)c1)N1CCCC1c1ccccc1. The van der Waals surface area contributed by atoms with Crippen molar-refractivity contribution in [2.75, 3.05) is 6.54 Å². The van der Waals surface area contributed by atoms with Gasteiger partial charge in [-0.2, -0.15) is 0 Å². The summed E-state index contributed by atoms with van der Waals surface area (Å²) in [5, 5.41) is 1.96. The summed E-state index contributed by atoms with van der Waals surface area (Å²) in [7, 11) is 0. The molecule has 1 aromatic heterocycles. The molecule has 0 spiro atoms. The van der Waals surface area contributed by atoms with Gasteiger partial charge < -0.3 is 4.90 Å². The fourth-order valence-electron chi connectivity index (χ4n) is 2.62. The van der Waals surface area contributed by atoms with Gasteiger partial charge in [-0.05, 0) is 47.1 Å². The van der Waals surface area contributed by atoms with Crippen molar-refractivity contribution < 1.29 is 4.79 Å². The molecule has 0 saturated carbocycles. The van der Waals surface area contributed by atoms with E-state index >= 15 is 0 Å². The van der Waals surface area contributed by atoms with Crippen molar-refractivity contribution in [3.8, 4) is 0 Å². The van der Waals surface area contributed by atoms with Crippen LogP contribution in [0.25, 0.3) is 0 Å². The van der Waals surface area contributed by atoms with Gasteiger partial charge in [0, 0.05) is 11.9 Å². The Hall–Kier alpha value is -0.880. The van der Waals surface area contributed by atoms with E-state index in [4.69, 9.17) is 0 Å². The summed E-state index contributed by atoms with van der Waals surface area (Å²) >= 11 is 3.89. The molecule has 0 radical (unpaired) electrons. The number of thiophene rings is 1. The van der Waals surface area contributed by atoms with E-state index in [9.17, 15) is 4.79 Å². The van der Waals surface area contributed by atoms with Crippen LogP contribution >= 0.6 is 33.9 Å². The van der Waals surface area contributed by atoms with Gasteiger partial charge >= 0.3 is 0 Å². The number of rotatable bonds is 2. The van der Waals surface area contributed by atoms with Crippen LogP contribution in [-0.4, -0.2) is 17.4 Å². The molecule has 1 aliphatic rings. The van der Waals surface area contributed by atoms with Crippen molar-refractivity contribution in [2.45, 2.75) is 18.9 Å². The maximum atomic E-state index is 12.6. The smallest absolute Gasteiger partial charge is 0.255 e. The number of carbonyl (C=O) groups is 1. The molecule has 0 aliphatic carbocycles. The Morgan fingerprint density at radius 2 is 2.11 bits per heavy atom. The average molecular weight is 383 g/mol. The third-order valence-corrected chi connectivity index (χ3v) is 5.30. The van der Waals surface area contributed by atoms with Gasteiger partial charge in [-0.1, -0.05) is 30.3 Å². The molecule has 1 unspecified atom stereocenters. The van der Waals surface area contributed by atoms with Crippen molar-refractivity contribution in [1.82, 2.24) is 4.90 Å². The third kappa shape index (κ3) is 2.69. The number of halogens is 1. The van der Waals surface area contributed by atoms with Gasteiger partial charge in [0.05, 0.1) is 14.5 Å². The molecule has 2 heterocycles. The zero-order valence-electron chi connectivity index (χ0n) is 10.4. The van der Waals surface area contributed by atoms with Crippen LogP contribution in [0.5, 0.6) is 0 Å². The van der Waals surface area contributed by atoms with E-state index in [2.05, 4.69) is 34.7 Å². The molecule has 0 N–H and O–H groups in total. The second-order valence-electron chi connectivity index (χ2n) is 4.71. The Balaban J connectivity index is 1.86. The summed E-state index contributed by atoms with van der Waals surface area (Å²) < 4.78 is 1.16. The molecule has 4 heteroatoms. The van der Waals surface area contributed by atoms with Crippen LogP contribution in [0.4, 0.5) is 0 Å². The molecule has 1 aromatic carbocycles. The molecule has 0 bridgehead atoms. The highest BCUT2D eigenvalue weighted by molar-refractivity contribution is 14.1. The van der Waals surface area contributed by atoms with Crippen molar-refractivity contribution in [1.29, 1.82) is 0 Å². The third-order valence-electron chi connectivity index (χ3n) is 3.51. The van der Waals surface area contributed by atoms with Crippen LogP contribution in [0.1, 0.15) is 34.8 Å². The maximum Gasteiger partial charge on any atom is 0.255 e. The lowest BCUT2D eigenvalue weighted by molar-refractivity contribution is 0.0736. The molecule has 1 amide bonds. The Morgan fingerprint density at radius 1 is 1.32 bits per heavy atom. The molecule has 1 aliphatic heterocycles. The largest absolute Gasteiger partial charge is 0.332 e. The second kappa shape index (κ2) is 5.63. The Kier molecular flexibility index (Phi) is 3.88. The van der Waals surface area contributed by atoms with Gasteiger partial charge in [-0.25, -0.2) is 0 Å².